The summed E-state index contributed by atoms with van der Waals surface area (Å²) in [6.07, 6.45) is 9.54. The smallest absolute Gasteiger partial charge is 0.138 e. The summed E-state index contributed by atoms with van der Waals surface area (Å²) in [6.45, 7) is 8.18. The second-order valence-corrected chi connectivity index (χ2v) is 6.11. The molecule has 4 nitrogen and oxygen atoms in total. The molecule has 0 spiro atoms. The highest BCUT2D eigenvalue weighted by Crippen LogP contribution is 2.31. The van der Waals surface area contributed by atoms with Crippen LogP contribution in [-0.2, 0) is 13.0 Å². The molecule has 21 heavy (non-hydrogen) atoms. The largest absolute Gasteiger partial charge is 0.361 e. The molecule has 0 fully saturated rings. The van der Waals surface area contributed by atoms with Gasteiger partial charge in [0, 0.05) is 24.0 Å². The van der Waals surface area contributed by atoms with Crippen LogP contribution in [0.3, 0.4) is 0 Å². The number of hydrogen-bond donors (Lipinski definition) is 1. The van der Waals surface area contributed by atoms with Crippen LogP contribution < -0.4 is 5.32 Å². The van der Waals surface area contributed by atoms with Crippen molar-refractivity contribution in [3.63, 3.8) is 0 Å². The van der Waals surface area contributed by atoms with E-state index < -0.39 is 0 Å². The van der Waals surface area contributed by atoms with Gasteiger partial charge in [0.2, 0.25) is 0 Å². The normalized spacial score (nSPS) is 18.0. The summed E-state index contributed by atoms with van der Waals surface area (Å²) in [5.41, 5.74) is 5.20. The Morgan fingerprint density at radius 1 is 1.38 bits per heavy atom. The van der Waals surface area contributed by atoms with Gasteiger partial charge >= 0.3 is 0 Å². The highest BCUT2D eigenvalue weighted by Gasteiger charge is 2.22. The number of rotatable bonds is 5. The van der Waals surface area contributed by atoms with Crippen molar-refractivity contribution < 1.29 is 4.52 Å². The summed E-state index contributed by atoms with van der Waals surface area (Å²) in [5.74, 6) is 0.930. The van der Waals surface area contributed by atoms with Crippen molar-refractivity contribution in [3.8, 4) is 0 Å². The minimum Gasteiger partial charge on any atom is -0.361 e. The van der Waals surface area contributed by atoms with Gasteiger partial charge in [0.15, 0.2) is 0 Å². The average Bonchev–Trinajstić information content (AvgIpc) is 3.03. The van der Waals surface area contributed by atoms with Gasteiger partial charge in [-0.3, -0.25) is 0 Å². The predicted molar refractivity (Wildman–Crippen MR) is 83.5 cm³/mol. The van der Waals surface area contributed by atoms with E-state index in [4.69, 9.17) is 4.52 Å². The quantitative estimate of drug-likeness (QED) is 0.915. The van der Waals surface area contributed by atoms with Crippen LogP contribution in [0.4, 0.5) is 0 Å². The van der Waals surface area contributed by atoms with Crippen molar-refractivity contribution in [3.05, 3.63) is 40.5 Å². The van der Waals surface area contributed by atoms with Crippen molar-refractivity contribution in [2.45, 2.75) is 59.0 Å². The third-order valence-corrected chi connectivity index (χ3v) is 4.47. The molecule has 3 rings (SSSR count). The summed E-state index contributed by atoms with van der Waals surface area (Å²) in [5, 5.41) is 7.73. The van der Waals surface area contributed by atoms with E-state index in [9.17, 15) is 0 Å². The molecule has 2 aromatic heterocycles. The maximum absolute atomic E-state index is 5.27. The number of nitrogens with zero attached hydrogens (tertiary/aromatic N) is 2. The minimum atomic E-state index is 0.527. The molecule has 4 heteroatoms. The Bertz CT molecular complexity index is 592. The first kappa shape index (κ1) is 14.4. The maximum atomic E-state index is 5.27. The zero-order valence-electron chi connectivity index (χ0n) is 13.3. The Morgan fingerprint density at radius 3 is 2.95 bits per heavy atom. The van der Waals surface area contributed by atoms with Crippen molar-refractivity contribution in [1.29, 1.82) is 0 Å². The number of nitrogens with one attached hydrogen (secondary N) is 1. The standard InChI is InChI=1S/C17H25N3O/c1-4-8-18-17-7-5-6-14-9-20(11-16(14)17)10-15-12(2)19-21-13(15)3/h9,11,17-18H,4-8,10H2,1-3H3. The van der Waals surface area contributed by atoms with Gasteiger partial charge in [0.25, 0.3) is 0 Å². The van der Waals surface area contributed by atoms with Crippen LogP contribution in [0, 0.1) is 13.8 Å². The predicted octanol–water partition coefficient (Wildman–Crippen LogP) is 3.52. The molecule has 0 saturated heterocycles. The molecule has 2 heterocycles. The highest BCUT2D eigenvalue weighted by atomic mass is 16.5. The SMILES string of the molecule is CCCNC1CCCc2cn(Cc3c(C)noc3C)cc21. The summed E-state index contributed by atoms with van der Waals surface area (Å²) < 4.78 is 7.56. The van der Waals surface area contributed by atoms with Crippen LogP contribution >= 0.6 is 0 Å². The second kappa shape index (κ2) is 6.06. The second-order valence-electron chi connectivity index (χ2n) is 6.11. The lowest BCUT2D eigenvalue weighted by molar-refractivity contribution is 0.392. The van der Waals surface area contributed by atoms with Gasteiger partial charge < -0.3 is 14.4 Å². The third-order valence-electron chi connectivity index (χ3n) is 4.47. The van der Waals surface area contributed by atoms with Gasteiger partial charge in [-0.15, -0.1) is 0 Å². The maximum Gasteiger partial charge on any atom is 0.138 e. The molecule has 1 N–H and O–H groups in total. The van der Waals surface area contributed by atoms with Crippen LogP contribution in [-0.4, -0.2) is 16.3 Å². The van der Waals surface area contributed by atoms with E-state index in [1.54, 1.807) is 0 Å². The summed E-state index contributed by atoms with van der Waals surface area (Å²) in [6, 6.07) is 0.527. The Kier molecular flexibility index (Phi) is 4.15. The van der Waals surface area contributed by atoms with Gasteiger partial charge in [-0.25, -0.2) is 0 Å². The average molecular weight is 287 g/mol. The molecular weight excluding hydrogens is 262 g/mol. The molecule has 0 aromatic carbocycles. The van der Waals surface area contributed by atoms with E-state index in [1.807, 2.05) is 13.8 Å². The monoisotopic (exact) mass is 287 g/mol. The molecule has 1 unspecified atom stereocenters. The van der Waals surface area contributed by atoms with E-state index >= 15 is 0 Å². The van der Waals surface area contributed by atoms with E-state index in [0.717, 1.165) is 24.5 Å². The van der Waals surface area contributed by atoms with Gasteiger partial charge in [-0.05, 0) is 57.2 Å². The molecule has 1 aliphatic carbocycles. The third kappa shape index (κ3) is 2.91. The van der Waals surface area contributed by atoms with Crippen molar-refractivity contribution in [1.82, 2.24) is 15.0 Å². The molecule has 1 atom stereocenters. The van der Waals surface area contributed by atoms with Crippen molar-refractivity contribution >= 4 is 0 Å². The molecule has 1 aliphatic rings. The van der Waals surface area contributed by atoms with Gasteiger partial charge in [-0.1, -0.05) is 12.1 Å². The zero-order chi connectivity index (χ0) is 14.8. The topological polar surface area (TPSA) is 43.0 Å². The number of aromatic nitrogens is 2. The molecule has 0 radical (unpaired) electrons. The van der Waals surface area contributed by atoms with E-state index in [2.05, 4.69) is 34.4 Å². The number of fused-ring (bicyclic) bond motifs is 1. The van der Waals surface area contributed by atoms with Crippen LogP contribution in [0.2, 0.25) is 0 Å². The lowest BCUT2D eigenvalue weighted by atomic mass is 9.91. The Hall–Kier alpha value is -1.55. The number of aryl methyl sites for hydroxylation is 3. The van der Waals surface area contributed by atoms with Crippen molar-refractivity contribution in [2.75, 3.05) is 6.54 Å². The fraction of sp³-hybridized carbons (Fsp3) is 0.588. The fourth-order valence-electron chi connectivity index (χ4n) is 3.28. The minimum absolute atomic E-state index is 0.527. The zero-order valence-corrected chi connectivity index (χ0v) is 13.3. The Morgan fingerprint density at radius 2 is 2.24 bits per heavy atom. The highest BCUT2D eigenvalue weighted by molar-refractivity contribution is 5.31. The van der Waals surface area contributed by atoms with Crippen LogP contribution in [0.1, 0.15) is 60.4 Å². The summed E-state index contributed by atoms with van der Waals surface area (Å²) in [7, 11) is 0. The van der Waals surface area contributed by atoms with Crippen LogP contribution in [0.25, 0.3) is 0 Å². The fourth-order valence-corrected chi connectivity index (χ4v) is 3.28. The molecule has 114 valence electrons. The van der Waals surface area contributed by atoms with Crippen LogP contribution in [0.15, 0.2) is 16.9 Å². The van der Waals surface area contributed by atoms with Crippen LogP contribution in [0.5, 0.6) is 0 Å². The molecule has 0 aliphatic heterocycles. The van der Waals surface area contributed by atoms with Crippen molar-refractivity contribution in [2.24, 2.45) is 0 Å². The lowest BCUT2D eigenvalue weighted by Crippen LogP contribution is -2.24. The van der Waals surface area contributed by atoms with Gasteiger partial charge in [-0.2, -0.15) is 0 Å². The summed E-state index contributed by atoms with van der Waals surface area (Å²) >= 11 is 0. The first-order valence-corrected chi connectivity index (χ1v) is 8.02. The molecule has 2 aromatic rings. The molecule has 0 bridgehead atoms. The number of hydrogen-bond acceptors (Lipinski definition) is 3. The Balaban J connectivity index is 1.81. The Labute approximate surface area is 126 Å². The first-order valence-electron chi connectivity index (χ1n) is 8.02. The van der Waals surface area contributed by atoms with E-state index in [1.165, 1.54) is 42.4 Å². The summed E-state index contributed by atoms with van der Waals surface area (Å²) in [4.78, 5) is 0. The van der Waals surface area contributed by atoms with E-state index in [-0.39, 0.29) is 0 Å². The van der Waals surface area contributed by atoms with Gasteiger partial charge in [0.05, 0.1) is 12.2 Å². The lowest BCUT2D eigenvalue weighted by Gasteiger charge is -2.23. The molecule has 0 amide bonds. The van der Waals surface area contributed by atoms with Gasteiger partial charge in [0.1, 0.15) is 5.76 Å². The van der Waals surface area contributed by atoms with E-state index in [0.29, 0.717) is 6.04 Å². The molecule has 0 saturated carbocycles. The molecular formula is C17H25N3O. The first-order chi connectivity index (χ1) is 10.2.